The van der Waals surface area contributed by atoms with Gasteiger partial charge in [0.1, 0.15) is 6.61 Å². The summed E-state index contributed by atoms with van der Waals surface area (Å²) in [5, 5.41) is 3.32. The highest BCUT2D eigenvalue weighted by atomic mass is 19.4. The van der Waals surface area contributed by atoms with Gasteiger partial charge in [-0.25, -0.2) is 0 Å². The number of hydrogen-bond donors (Lipinski definition) is 1. The third kappa shape index (κ3) is 4.12. The first-order chi connectivity index (χ1) is 8.04. The summed E-state index contributed by atoms with van der Waals surface area (Å²) in [5.41, 5.74) is 0. The summed E-state index contributed by atoms with van der Waals surface area (Å²) in [6, 6.07) is 0.461. The average Bonchev–Trinajstić information content (AvgIpc) is 2.62. The second-order valence-corrected chi connectivity index (χ2v) is 4.87. The van der Waals surface area contributed by atoms with E-state index in [2.05, 4.69) is 15.0 Å². The van der Waals surface area contributed by atoms with Crippen LogP contribution in [-0.4, -0.2) is 56.5 Å². The highest BCUT2D eigenvalue weighted by Crippen LogP contribution is 2.26. The molecular formula is C11H19F3N2O. The zero-order chi connectivity index (χ0) is 12.3. The van der Waals surface area contributed by atoms with Crippen molar-refractivity contribution in [3.63, 3.8) is 0 Å². The summed E-state index contributed by atoms with van der Waals surface area (Å²) in [6.07, 6.45) is -1.90. The normalized spacial score (nSPS) is 33.0. The minimum atomic E-state index is -4.21. The van der Waals surface area contributed by atoms with Gasteiger partial charge in [0.25, 0.3) is 0 Å². The molecule has 0 spiro atoms. The third-order valence-corrected chi connectivity index (χ3v) is 3.55. The minimum Gasteiger partial charge on any atom is -0.371 e. The van der Waals surface area contributed by atoms with Crippen LogP contribution in [0.3, 0.4) is 0 Å². The second-order valence-electron chi connectivity index (χ2n) is 4.87. The monoisotopic (exact) mass is 252 g/mol. The van der Waals surface area contributed by atoms with Crippen LogP contribution in [0.25, 0.3) is 0 Å². The largest absolute Gasteiger partial charge is 0.411 e. The van der Waals surface area contributed by atoms with Gasteiger partial charge in [-0.2, -0.15) is 13.2 Å². The number of fused-ring (bicyclic) bond motifs is 2. The van der Waals surface area contributed by atoms with Crippen molar-refractivity contribution in [2.75, 3.05) is 39.4 Å². The number of ether oxygens (including phenoxy) is 1. The van der Waals surface area contributed by atoms with E-state index in [1.54, 1.807) is 0 Å². The molecule has 2 bridgehead atoms. The van der Waals surface area contributed by atoms with E-state index in [4.69, 9.17) is 0 Å². The molecular weight excluding hydrogens is 233 g/mol. The van der Waals surface area contributed by atoms with Crippen LogP contribution >= 0.6 is 0 Å². The first-order valence-corrected chi connectivity index (χ1v) is 6.15. The Labute approximate surface area is 99.3 Å². The molecule has 100 valence electrons. The maximum Gasteiger partial charge on any atom is 0.411 e. The van der Waals surface area contributed by atoms with Gasteiger partial charge in [0, 0.05) is 19.1 Å². The highest BCUT2D eigenvalue weighted by molar-refractivity contribution is 4.90. The Morgan fingerprint density at radius 3 is 2.76 bits per heavy atom. The van der Waals surface area contributed by atoms with Crippen molar-refractivity contribution in [1.29, 1.82) is 0 Å². The van der Waals surface area contributed by atoms with Gasteiger partial charge in [0.05, 0.1) is 6.61 Å². The molecule has 2 aliphatic rings. The fourth-order valence-electron chi connectivity index (χ4n) is 2.72. The molecule has 2 aliphatic heterocycles. The molecule has 2 saturated heterocycles. The predicted octanol–water partition coefficient (Wildman–Crippen LogP) is 1.25. The summed E-state index contributed by atoms with van der Waals surface area (Å²) in [7, 11) is 0. The Morgan fingerprint density at radius 1 is 1.24 bits per heavy atom. The van der Waals surface area contributed by atoms with E-state index in [1.807, 2.05) is 0 Å². The third-order valence-electron chi connectivity index (χ3n) is 3.55. The molecule has 2 heterocycles. The van der Waals surface area contributed by atoms with Crippen LogP contribution in [0.1, 0.15) is 12.8 Å². The van der Waals surface area contributed by atoms with Crippen molar-refractivity contribution >= 4 is 0 Å². The molecule has 17 heavy (non-hydrogen) atoms. The lowest BCUT2D eigenvalue weighted by Gasteiger charge is -2.31. The quantitative estimate of drug-likeness (QED) is 0.745. The zero-order valence-corrected chi connectivity index (χ0v) is 9.80. The van der Waals surface area contributed by atoms with Gasteiger partial charge >= 0.3 is 6.18 Å². The highest BCUT2D eigenvalue weighted by Gasteiger charge is 2.33. The zero-order valence-electron chi connectivity index (χ0n) is 9.80. The fraction of sp³-hybridized carbons (Fsp3) is 1.00. The number of alkyl halides is 3. The van der Waals surface area contributed by atoms with Crippen molar-refractivity contribution < 1.29 is 17.9 Å². The summed E-state index contributed by atoms with van der Waals surface area (Å²) in [4.78, 5) is 2.45. The van der Waals surface area contributed by atoms with Gasteiger partial charge in [-0.05, 0) is 31.8 Å². The van der Waals surface area contributed by atoms with E-state index in [0.717, 1.165) is 19.5 Å². The summed E-state index contributed by atoms with van der Waals surface area (Å²) in [6.45, 7) is 2.92. The van der Waals surface area contributed by atoms with Gasteiger partial charge in [-0.1, -0.05) is 0 Å². The van der Waals surface area contributed by atoms with Crippen LogP contribution in [0, 0.1) is 5.92 Å². The molecule has 0 aromatic rings. The van der Waals surface area contributed by atoms with Crippen molar-refractivity contribution in [1.82, 2.24) is 10.2 Å². The van der Waals surface area contributed by atoms with Gasteiger partial charge in [-0.15, -0.1) is 0 Å². The molecule has 0 amide bonds. The number of nitrogens with zero attached hydrogens (tertiary/aromatic N) is 1. The molecule has 0 saturated carbocycles. The molecule has 0 aromatic heterocycles. The first-order valence-electron chi connectivity index (χ1n) is 6.15. The lowest BCUT2D eigenvalue weighted by molar-refractivity contribution is -0.173. The van der Waals surface area contributed by atoms with E-state index in [1.165, 1.54) is 13.0 Å². The van der Waals surface area contributed by atoms with Gasteiger partial charge in [0.2, 0.25) is 0 Å². The number of piperidine rings is 1. The van der Waals surface area contributed by atoms with E-state index >= 15 is 0 Å². The smallest absolute Gasteiger partial charge is 0.371 e. The van der Waals surface area contributed by atoms with Gasteiger partial charge in [-0.3, -0.25) is 0 Å². The maximum absolute atomic E-state index is 11.8. The van der Waals surface area contributed by atoms with E-state index < -0.39 is 12.8 Å². The van der Waals surface area contributed by atoms with Crippen molar-refractivity contribution in [2.24, 2.45) is 5.92 Å². The lowest BCUT2D eigenvalue weighted by atomic mass is 9.94. The molecule has 2 rings (SSSR count). The standard InChI is InChI=1S/C11H19F3N2O/c12-11(13,14)8-17-6-3-15-10-2-5-16-4-1-9(10)7-16/h9-10,15H,1-8H2. The first kappa shape index (κ1) is 13.1. The Morgan fingerprint density at radius 2 is 2.00 bits per heavy atom. The van der Waals surface area contributed by atoms with Crippen LogP contribution < -0.4 is 5.32 Å². The van der Waals surface area contributed by atoms with Crippen LogP contribution in [0.15, 0.2) is 0 Å². The average molecular weight is 252 g/mol. The Kier molecular flexibility index (Phi) is 4.27. The second kappa shape index (κ2) is 5.54. The summed E-state index contributed by atoms with van der Waals surface area (Å²) < 4.78 is 40.0. The molecule has 3 nitrogen and oxygen atoms in total. The fourth-order valence-corrected chi connectivity index (χ4v) is 2.72. The summed E-state index contributed by atoms with van der Waals surface area (Å²) in [5.74, 6) is 0.673. The molecule has 1 N–H and O–H groups in total. The van der Waals surface area contributed by atoms with Crippen LogP contribution in [0.4, 0.5) is 13.2 Å². The minimum absolute atomic E-state index is 0.131. The number of hydrogen-bond acceptors (Lipinski definition) is 3. The van der Waals surface area contributed by atoms with Crippen molar-refractivity contribution in [2.45, 2.75) is 25.1 Å². The molecule has 0 aliphatic carbocycles. The maximum atomic E-state index is 11.8. The number of rotatable bonds is 5. The van der Waals surface area contributed by atoms with E-state index in [0.29, 0.717) is 18.5 Å². The molecule has 0 radical (unpaired) electrons. The van der Waals surface area contributed by atoms with Gasteiger partial charge < -0.3 is 15.0 Å². The number of nitrogens with one attached hydrogen (secondary N) is 1. The molecule has 3 unspecified atom stereocenters. The van der Waals surface area contributed by atoms with Crippen molar-refractivity contribution in [3.8, 4) is 0 Å². The van der Waals surface area contributed by atoms with Crippen LogP contribution in [0.2, 0.25) is 0 Å². The topological polar surface area (TPSA) is 24.5 Å². The SMILES string of the molecule is FC(F)(F)COCCNC1CCN2CCC1C2. The van der Waals surface area contributed by atoms with E-state index in [9.17, 15) is 13.2 Å². The number of halogens is 3. The molecule has 0 aromatic carbocycles. The van der Waals surface area contributed by atoms with Crippen molar-refractivity contribution in [3.05, 3.63) is 0 Å². The Bertz CT molecular complexity index is 247. The predicted molar refractivity (Wildman–Crippen MR) is 57.8 cm³/mol. The summed E-state index contributed by atoms with van der Waals surface area (Å²) >= 11 is 0. The molecule has 2 fully saturated rings. The Balaban J connectivity index is 1.56. The molecule has 6 heteroatoms. The molecule has 3 atom stereocenters. The van der Waals surface area contributed by atoms with Gasteiger partial charge in [0.15, 0.2) is 0 Å². The van der Waals surface area contributed by atoms with Crippen LogP contribution in [0.5, 0.6) is 0 Å². The van der Waals surface area contributed by atoms with Crippen LogP contribution in [-0.2, 0) is 4.74 Å². The Hall–Kier alpha value is -0.330. The lowest BCUT2D eigenvalue weighted by Crippen LogP contribution is -2.44. The van der Waals surface area contributed by atoms with E-state index in [-0.39, 0.29) is 6.61 Å².